The summed E-state index contributed by atoms with van der Waals surface area (Å²) in [6.45, 7) is 3.90. The first-order valence-corrected chi connectivity index (χ1v) is 5.76. The van der Waals surface area contributed by atoms with Gasteiger partial charge in [-0.05, 0) is 48.9 Å². The first-order chi connectivity index (χ1) is 7.19. The Morgan fingerprint density at radius 2 is 1.80 bits per heavy atom. The van der Waals surface area contributed by atoms with Crippen LogP contribution < -0.4 is 4.90 Å². The molecule has 1 aliphatic carbocycles. The van der Waals surface area contributed by atoms with Crippen LogP contribution in [0.1, 0.15) is 19.8 Å². The number of halogens is 2. The molecule has 1 aromatic heterocycles. The molecule has 0 bridgehead atoms. The van der Waals surface area contributed by atoms with Crippen molar-refractivity contribution in [3.05, 3.63) is 10.6 Å². The SMILES string of the molecule is CCN(CC1CC1)c1nc(Cl)nc(Cl)n1. The van der Waals surface area contributed by atoms with Crippen LogP contribution in [0.2, 0.25) is 10.6 Å². The van der Waals surface area contributed by atoms with Crippen LogP contribution in [0.15, 0.2) is 0 Å². The minimum absolute atomic E-state index is 0.152. The van der Waals surface area contributed by atoms with Gasteiger partial charge in [0.2, 0.25) is 16.5 Å². The second-order valence-corrected chi connectivity index (χ2v) is 4.33. The molecule has 15 heavy (non-hydrogen) atoms. The van der Waals surface area contributed by atoms with Crippen molar-refractivity contribution in [3.63, 3.8) is 0 Å². The molecule has 1 aliphatic rings. The van der Waals surface area contributed by atoms with Gasteiger partial charge in [0.05, 0.1) is 0 Å². The van der Waals surface area contributed by atoms with E-state index in [0.29, 0.717) is 5.95 Å². The highest BCUT2D eigenvalue weighted by Gasteiger charge is 2.25. The van der Waals surface area contributed by atoms with Crippen molar-refractivity contribution in [1.29, 1.82) is 0 Å². The third kappa shape index (κ3) is 2.92. The number of anilines is 1. The van der Waals surface area contributed by atoms with Gasteiger partial charge in [-0.25, -0.2) is 0 Å². The van der Waals surface area contributed by atoms with E-state index in [4.69, 9.17) is 23.2 Å². The van der Waals surface area contributed by atoms with Crippen molar-refractivity contribution in [2.75, 3.05) is 18.0 Å². The Morgan fingerprint density at radius 3 is 2.27 bits per heavy atom. The van der Waals surface area contributed by atoms with Gasteiger partial charge in [0.25, 0.3) is 0 Å². The van der Waals surface area contributed by atoms with Gasteiger partial charge in [0, 0.05) is 13.1 Å². The van der Waals surface area contributed by atoms with E-state index in [2.05, 4.69) is 26.8 Å². The Morgan fingerprint density at radius 1 is 1.20 bits per heavy atom. The maximum absolute atomic E-state index is 5.73. The van der Waals surface area contributed by atoms with Crippen LogP contribution in [0.4, 0.5) is 5.95 Å². The summed E-state index contributed by atoms with van der Waals surface area (Å²) in [7, 11) is 0. The molecule has 0 saturated heterocycles. The van der Waals surface area contributed by atoms with Gasteiger partial charge < -0.3 is 4.90 Å². The first-order valence-electron chi connectivity index (χ1n) is 5.01. The molecular weight excluding hydrogens is 235 g/mol. The van der Waals surface area contributed by atoms with Crippen molar-refractivity contribution in [1.82, 2.24) is 15.0 Å². The fraction of sp³-hybridized carbons (Fsp3) is 0.667. The van der Waals surface area contributed by atoms with E-state index < -0.39 is 0 Å². The molecule has 1 aromatic rings. The van der Waals surface area contributed by atoms with E-state index >= 15 is 0 Å². The van der Waals surface area contributed by atoms with Crippen LogP contribution in [0.5, 0.6) is 0 Å². The quantitative estimate of drug-likeness (QED) is 0.819. The van der Waals surface area contributed by atoms with Crippen molar-refractivity contribution < 1.29 is 0 Å². The molecule has 0 radical (unpaired) electrons. The molecule has 0 spiro atoms. The Labute approximate surface area is 98.6 Å². The van der Waals surface area contributed by atoms with E-state index in [1.54, 1.807) is 0 Å². The van der Waals surface area contributed by atoms with Gasteiger partial charge >= 0.3 is 0 Å². The highest BCUT2D eigenvalue weighted by Crippen LogP contribution is 2.30. The van der Waals surface area contributed by atoms with Crippen LogP contribution in [0.3, 0.4) is 0 Å². The largest absolute Gasteiger partial charge is 0.341 e. The molecule has 2 rings (SSSR count). The molecule has 0 N–H and O–H groups in total. The summed E-state index contributed by atoms with van der Waals surface area (Å²) >= 11 is 11.5. The van der Waals surface area contributed by atoms with Gasteiger partial charge in [-0.15, -0.1) is 0 Å². The van der Waals surface area contributed by atoms with Crippen LogP contribution in [0, 0.1) is 5.92 Å². The minimum atomic E-state index is 0.152. The minimum Gasteiger partial charge on any atom is -0.341 e. The summed E-state index contributed by atoms with van der Waals surface area (Å²) in [4.78, 5) is 13.9. The zero-order chi connectivity index (χ0) is 10.8. The first kappa shape index (κ1) is 10.9. The molecule has 0 unspecified atom stereocenters. The summed E-state index contributed by atoms with van der Waals surface area (Å²) in [5, 5.41) is 0.304. The Balaban J connectivity index is 2.16. The molecule has 4 nitrogen and oxygen atoms in total. The second kappa shape index (κ2) is 4.49. The topological polar surface area (TPSA) is 41.9 Å². The number of hydrogen-bond donors (Lipinski definition) is 0. The summed E-state index contributed by atoms with van der Waals surface area (Å²) in [5.41, 5.74) is 0. The van der Waals surface area contributed by atoms with Crippen molar-refractivity contribution in [2.45, 2.75) is 19.8 Å². The molecule has 0 atom stereocenters. The Hall–Kier alpha value is -0.610. The third-order valence-corrected chi connectivity index (χ3v) is 2.75. The number of hydrogen-bond acceptors (Lipinski definition) is 4. The van der Waals surface area contributed by atoms with Gasteiger partial charge in [-0.1, -0.05) is 0 Å². The monoisotopic (exact) mass is 246 g/mol. The van der Waals surface area contributed by atoms with Gasteiger partial charge in [-0.3, -0.25) is 0 Å². The van der Waals surface area contributed by atoms with E-state index in [0.717, 1.165) is 19.0 Å². The van der Waals surface area contributed by atoms with Crippen molar-refractivity contribution in [3.8, 4) is 0 Å². The van der Waals surface area contributed by atoms with Crippen LogP contribution >= 0.6 is 23.2 Å². The summed E-state index contributed by atoms with van der Waals surface area (Å²) < 4.78 is 0. The maximum Gasteiger partial charge on any atom is 0.230 e. The van der Waals surface area contributed by atoms with E-state index in [-0.39, 0.29) is 10.6 Å². The van der Waals surface area contributed by atoms with Crippen LogP contribution in [0.25, 0.3) is 0 Å². The fourth-order valence-electron chi connectivity index (χ4n) is 1.42. The molecule has 82 valence electrons. The number of aromatic nitrogens is 3. The average Bonchev–Trinajstić information content (AvgIpc) is 2.96. The van der Waals surface area contributed by atoms with Crippen molar-refractivity contribution >= 4 is 29.2 Å². The lowest BCUT2D eigenvalue weighted by molar-refractivity contribution is 0.716. The average molecular weight is 247 g/mol. The highest BCUT2D eigenvalue weighted by atomic mass is 35.5. The third-order valence-electron chi connectivity index (χ3n) is 2.41. The Bertz CT molecular complexity index is 334. The van der Waals surface area contributed by atoms with Crippen molar-refractivity contribution in [2.24, 2.45) is 5.92 Å². The molecule has 1 saturated carbocycles. The summed E-state index contributed by atoms with van der Waals surface area (Å²) in [5.74, 6) is 1.36. The number of rotatable bonds is 4. The van der Waals surface area contributed by atoms with Gasteiger partial charge in [0.1, 0.15) is 0 Å². The van der Waals surface area contributed by atoms with Gasteiger partial charge in [0.15, 0.2) is 0 Å². The Kier molecular flexibility index (Phi) is 3.26. The van der Waals surface area contributed by atoms with Crippen LogP contribution in [-0.2, 0) is 0 Å². The van der Waals surface area contributed by atoms with Crippen LogP contribution in [-0.4, -0.2) is 28.0 Å². The molecule has 6 heteroatoms. The fourth-order valence-corrected chi connectivity index (χ4v) is 1.78. The zero-order valence-electron chi connectivity index (χ0n) is 8.45. The van der Waals surface area contributed by atoms with E-state index in [9.17, 15) is 0 Å². The molecule has 1 fully saturated rings. The van der Waals surface area contributed by atoms with E-state index in [1.165, 1.54) is 12.8 Å². The standard InChI is InChI=1S/C9H12Cl2N4/c1-2-15(5-6-3-4-6)9-13-7(10)12-8(11)14-9/h6H,2-5H2,1H3. The zero-order valence-corrected chi connectivity index (χ0v) is 9.96. The molecule has 0 aliphatic heterocycles. The lowest BCUT2D eigenvalue weighted by Crippen LogP contribution is -2.27. The normalized spacial score (nSPS) is 15.4. The molecule has 0 aromatic carbocycles. The number of nitrogens with zero attached hydrogens (tertiary/aromatic N) is 4. The predicted molar refractivity (Wildman–Crippen MR) is 60.5 cm³/mol. The smallest absolute Gasteiger partial charge is 0.230 e. The van der Waals surface area contributed by atoms with Gasteiger partial charge in [-0.2, -0.15) is 15.0 Å². The summed E-state index contributed by atoms with van der Waals surface area (Å²) in [6.07, 6.45) is 2.59. The lowest BCUT2D eigenvalue weighted by Gasteiger charge is -2.20. The predicted octanol–water partition coefficient (Wildman–Crippen LogP) is 2.41. The maximum atomic E-state index is 5.73. The summed E-state index contributed by atoms with van der Waals surface area (Å²) in [6, 6.07) is 0. The molecule has 0 amide bonds. The molecular formula is C9H12Cl2N4. The van der Waals surface area contributed by atoms with E-state index in [1.807, 2.05) is 0 Å². The highest BCUT2D eigenvalue weighted by molar-refractivity contribution is 6.31. The molecule has 1 heterocycles. The second-order valence-electron chi connectivity index (χ2n) is 3.66. The lowest BCUT2D eigenvalue weighted by atomic mass is 10.4.